The molecular weight excluding hydrogens is 261 g/mol. The highest BCUT2D eigenvalue weighted by atomic mass is 35.5. The summed E-state index contributed by atoms with van der Waals surface area (Å²) >= 11 is 5.95. The lowest BCUT2D eigenvalue weighted by Gasteiger charge is -2.18. The molecule has 0 aromatic heterocycles. The molecule has 0 amide bonds. The number of rotatable bonds is 4. The Balaban J connectivity index is 2.27. The predicted octanol–water partition coefficient (Wildman–Crippen LogP) is 4.29. The summed E-state index contributed by atoms with van der Waals surface area (Å²) in [5.74, 6) is -0.226. The molecule has 2 aromatic carbocycles. The van der Waals surface area contributed by atoms with Crippen molar-refractivity contribution in [3.05, 3.63) is 70.0 Å². The van der Waals surface area contributed by atoms with E-state index in [1.54, 1.807) is 12.1 Å². The molecule has 1 atom stereocenters. The maximum absolute atomic E-state index is 13.9. The summed E-state index contributed by atoms with van der Waals surface area (Å²) in [7, 11) is 1.83. The second-order valence-electron chi connectivity index (χ2n) is 4.70. The minimum absolute atomic E-state index is 0.0829. The van der Waals surface area contributed by atoms with Crippen LogP contribution in [0.25, 0.3) is 0 Å². The first-order valence-corrected chi connectivity index (χ1v) is 6.65. The quantitative estimate of drug-likeness (QED) is 0.879. The van der Waals surface area contributed by atoms with E-state index in [9.17, 15) is 4.39 Å². The van der Waals surface area contributed by atoms with Crippen molar-refractivity contribution in [2.75, 3.05) is 7.05 Å². The Morgan fingerprint density at radius 1 is 1.21 bits per heavy atom. The summed E-state index contributed by atoms with van der Waals surface area (Å²) in [6, 6.07) is 12.8. The van der Waals surface area contributed by atoms with Gasteiger partial charge in [0.2, 0.25) is 0 Å². The van der Waals surface area contributed by atoms with Crippen LogP contribution in [-0.4, -0.2) is 7.05 Å². The largest absolute Gasteiger partial charge is 0.313 e. The van der Waals surface area contributed by atoms with E-state index in [0.717, 1.165) is 6.42 Å². The van der Waals surface area contributed by atoms with Crippen LogP contribution in [0.3, 0.4) is 0 Å². The van der Waals surface area contributed by atoms with Gasteiger partial charge in [0.25, 0.3) is 0 Å². The Kier molecular flexibility index (Phi) is 4.56. The van der Waals surface area contributed by atoms with Gasteiger partial charge in [-0.1, -0.05) is 41.4 Å². The molecule has 2 rings (SSSR count). The molecule has 19 heavy (non-hydrogen) atoms. The van der Waals surface area contributed by atoms with Crippen molar-refractivity contribution in [1.82, 2.24) is 5.32 Å². The first-order valence-electron chi connectivity index (χ1n) is 6.28. The highest BCUT2D eigenvalue weighted by Crippen LogP contribution is 2.24. The minimum Gasteiger partial charge on any atom is -0.313 e. The molecule has 3 heteroatoms. The lowest BCUT2D eigenvalue weighted by Crippen LogP contribution is -2.20. The van der Waals surface area contributed by atoms with E-state index in [4.69, 9.17) is 11.6 Å². The maximum atomic E-state index is 13.9. The number of benzene rings is 2. The van der Waals surface area contributed by atoms with Gasteiger partial charge >= 0.3 is 0 Å². The molecular formula is C16H17ClFN. The molecule has 0 bridgehead atoms. The van der Waals surface area contributed by atoms with Crippen LogP contribution in [-0.2, 0) is 6.42 Å². The fraction of sp³-hybridized carbons (Fsp3) is 0.250. The zero-order valence-corrected chi connectivity index (χ0v) is 11.8. The van der Waals surface area contributed by atoms with E-state index in [2.05, 4.69) is 30.4 Å². The van der Waals surface area contributed by atoms with Crippen LogP contribution in [0.15, 0.2) is 42.5 Å². The molecule has 0 saturated heterocycles. The van der Waals surface area contributed by atoms with Crippen molar-refractivity contribution in [3.8, 4) is 0 Å². The fourth-order valence-electron chi connectivity index (χ4n) is 2.22. The minimum atomic E-state index is -0.226. The average molecular weight is 278 g/mol. The van der Waals surface area contributed by atoms with E-state index in [1.165, 1.54) is 17.2 Å². The van der Waals surface area contributed by atoms with Crippen LogP contribution < -0.4 is 5.32 Å². The third-order valence-electron chi connectivity index (χ3n) is 3.20. The number of hydrogen-bond donors (Lipinski definition) is 1. The van der Waals surface area contributed by atoms with Gasteiger partial charge in [0.15, 0.2) is 0 Å². The molecule has 2 aromatic rings. The summed E-state index contributed by atoms with van der Waals surface area (Å²) in [6.45, 7) is 2.05. The third kappa shape index (κ3) is 3.55. The molecule has 0 fully saturated rings. The Morgan fingerprint density at radius 2 is 2.00 bits per heavy atom. The van der Waals surface area contributed by atoms with Crippen molar-refractivity contribution < 1.29 is 4.39 Å². The lowest BCUT2D eigenvalue weighted by molar-refractivity contribution is 0.534. The Hall–Kier alpha value is -1.38. The van der Waals surface area contributed by atoms with Gasteiger partial charge in [0, 0.05) is 16.6 Å². The number of likely N-dealkylation sites (N-methyl/N-ethyl adjacent to an activating group) is 1. The average Bonchev–Trinajstić information content (AvgIpc) is 2.39. The number of nitrogens with one attached hydrogen (secondary N) is 1. The van der Waals surface area contributed by atoms with Gasteiger partial charge in [-0.2, -0.15) is 0 Å². The van der Waals surface area contributed by atoms with E-state index < -0.39 is 0 Å². The van der Waals surface area contributed by atoms with Gasteiger partial charge in [-0.15, -0.1) is 0 Å². The molecule has 100 valence electrons. The lowest BCUT2D eigenvalue weighted by atomic mass is 9.97. The molecule has 0 aliphatic carbocycles. The van der Waals surface area contributed by atoms with Crippen LogP contribution in [0, 0.1) is 12.7 Å². The summed E-state index contributed by atoms with van der Waals surface area (Å²) in [6.07, 6.45) is 0.732. The SMILES string of the molecule is CNC(Cc1cccc(C)c1)c1cc(Cl)ccc1F. The number of aryl methyl sites for hydroxylation is 1. The molecule has 0 aliphatic heterocycles. The van der Waals surface area contributed by atoms with Gasteiger partial charge in [-0.05, 0) is 44.2 Å². The normalized spacial score (nSPS) is 12.4. The second-order valence-corrected chi connectivity index (χ2v) is 5.14. The second kappa shape index (κ2) is 6.18. The van der Waals surface area contributed by atoms with E-state index in [-0.39, 0.29) is 11.9 Å². The molecule has 0 saturated carbocycles. The Morgan fingerprint density at radius 3 is 2.68 bits per heavy atom. The first-order chi connectivity index (χ1) is 9.10. The van der Waals surface area contributed by atoms with Gasteiger partial charge in [-0.3, -0.25) is 0 Å². The monoisotopic (exact) mass is 277 g/mol. The topological polar surface area (TPSA) is 12.0 Å². The highest BCUT2D eigenvalue weighted by molar-refractivity contribution is 6.30. The maximum Gasteiger partial charge on any atom is 0.128 e. The summed E-state index contributed by atoms with van der Waals surface area (Å²) in [4.78, 5) is 0. The standard InChI is InChI=1S/C16H17ClFN/c1-11-4-3-5-12(8-11)9-16(19-2)14-10-13(17)6-7-15(14)18/h3-8,10,16,19H,9H2,1-2H3. The van der Waals surface area contributed by atoms with E-state index >= 15 is 0 Å². The van der Waals surface area contributed by atoms with Crippen LogP contribution in [0.5, 0.6) is 0 Å². The van der Waals surface area contributed by atoms with Crippen molar-refractivity contribution in [1.29, 1.82) is 0 Å². The van der Waals surface area contributed by atoms with Gasteiger partial charge in [0.05, 0.1) is 0 Å². The highest BCUT2D eigenvalue weighted by Gasteiger charge is 2.15. The zero-order chi connectivity index (χ0) is 13.8. The number of halogens is 2. The molecule has 0 aliphatic rings. The van der Waals surface area contributed by atoms with Gasteiger partial charge in [0.1, 0.15) is 5.82 Å². The van der Waals surface area contributed by atoms with Crippen LogP contribution >= 0.6 is 11.6 Å². The molecule has 0 spiro atoms. The Bertz CT molecular complexity index is 568. The first kappa shape index (κ1) is 14.0. The van der Waals surface area contributed by atoms with E-state index in [1.807, 2.05) is 13.1 Å². The third-order valence-corrected chi connectivity index (χ3v) is 3.44. The molecule has 1 unspecified atom stereocenters. The smallest absolute Gasteiger partial charge is 0.128 e. The van der Waals surface area contributed by atoms with Crippen LogP contribution in [0.1, 0.15) is 22.7 Å². The van der Waals surface area contributed by atoms with Gasteiger partial charge < -0.3 is 5.32 Å². The van der Waals surface area contributed by atoms with Crippen molar-refractivity contribution >= 4 is 11.6 Å². The van der Waals surface area contributed by atoms with Crippen molar-refractivity contribution in [3.63, 3.8) is 0 Å². The molecule has 1 nitrogen and oxygen atoms in total. The zero-order valence-electron chi connectivity index (χ0n) is 11.1. The van der Waals surface area contributed by atoms with Gasteiger partial charge in [-0.25, -0.2) is 4.39 Å². The van der Waals surface area contributed by atoms with Crippen LogP contribution in [0.4, 0.5) is 4.39 Å². The summed E-state index contributed by atoms with van der Waals surface area (Å²) < 4.78 is 13.9. The fourth-order valence-corrected chi connectivity index (χ4v) is 2.40. The summed E-state index contributed by atoms with van der Waals surface area (Å²) in [5.41, 5.74) is 2.99. The predicted molar refractivity (Wildman–Crippen MR) is 78.1 cm³/mol. The van der Waals surface area contributed by atoms with Crippen molar-refractivity contribution in [2.24, 2.45) is 0 Å². The number of hydrogen-bond acceptors (Lipinski definition) is 1. The molecule has 1 N–H and O–H groups in total. The van der Waals surface area contributed by atoms with E-state index in [0.29, 0.717) is 10.6 Å². The van der Waals surface area contributed by atoms with Crippen LogP contribution in [0.2, 0.25) is 5.02 Å². The molecule has 0 radical (unpaired) electrons. The van der Waals surface area contributed by atoms with Crippen molar-refractivity contribution in [2.45, 2.75) is 19.4 Å². The molecule has 0 heterocycles. The summed E-state index contributed by atoms with van der Waals surface area (Å²) in [5, 5.41) is 3.71. The Labute approximate surface area is 118 Å².